The Kier molecular flexibility index (Phi) is 3.62. The Morgan fingerprint density at radius 3 is 2.85 bits per heavy atom. The highest BCUT2D eigenvalue weighted by Crippen LogP contribution is 2.15. The summed E-state index contributed by atoms with van der Waals surface area (Å²) in [5.41, 5.74) is 2.38. The van der Waals surface area contributed by atoms with Crippen molar-refractivity contribution in [1.82, 2.24) is 9.97 Å². The van der Waals surface area contributed by atoms with E-state index in [0.29, 0.717) is 0 Å². The summed E-state index contributed by atoms with van der Waals surface area (Å²) < 4.78 is 0. The van der Waals surface area contributed by atoms with Gasteiger partial charge in [0.15, 0.2) is 0 Å². The average molecular weight is 176 g/mol. The van der Waals surface area contributed by atoms with E-state index in [-0.39, 0.29) is 0 Å². The molecule has 0 unspecified atom stereocenters. The minimum atomic E-state index is 0.857. The number of hydrogen-bond acceptors (Lipinski definition) is 2. The van der Waals surface area contributed by atoms with Crippen LogP contribution in [-0.2, 0) is 6.42 Å². The molecule has 1 aliphatic carbocycles. The topological polar surface area (TPSA) is 25.8 Å². The predicted molar refractivity (Wildman–Crippen MR) is 55.5 cm³/mol. The fraction of sp³-hybridized carbons (Fsp3) is 0.455. The lowest BCUT2D eigenvalue weighted by Gasteiger charge is -2.07. The van der Waals surface area contributed by atoms with Gasteiger partial charge in [-0.15, -0.1) is 0 Å². The van der Waals surface area contributed by atoms with Crippen LogP contribution in [-0.4, -0.2) is 9.97 Å². The smallest absolute Gasteiger partial charge is 0.125 e. The molecule has 0 radical (unpaired) electrons. The van der Waals surface area contributed by atoms with Crippen LogP contribution in [0.25, 0.3) is 6.08 Å². The van der Waals surface area contributed by atoms with Crippen molar-refractivity contribution in [1.29, 1.82) is 0 Å². The summed E-state index contributed by atoms with van der Waals surface area (Å²) in [5.74, 6) is 0.857. The Morgan fingerprint density at radius 1 is 1.31 bits per heavy atom. The second-order valence-corrected chi connectivity index (χ2v) is 2.77. The van der Waals surface area contributed by atoms with Gasteiger partial charge in [-0.3, -0.25) is 0 Å². The molecule has 0 atom stereocenters. The standard InChI is InChI=1S/C9H10N2.C2H6/c1-7-10-6-8-4-2-3-5-9(8)11-7;1-2/h3,5-6H,2,4H2,1H3;1-2H3. The molecular formula is C11H16N2. The fourth-order valence-corrected chi connectivity index (χ4v) is 1.28. The Hall–Kier alpha value is -1.18. The van der Waals surface area contributed by atoms with Crippen molar-refractivity contribution in [2.24, 2.45) is 0 Å². The van der Waals surface area contributed by atoms with Gasteiger partial charge in [0.05, 0.1) is 5.69 Å². The van der Waals surface area contributed by atoms with Gasteiger partial charge >= 0.3 is 0 Å². The van der Waals surface area contributed by atoms with Crippen molar-refractivity contribution in [2.45, 2.75) is 33.6 Å². The molecule has 0 bridgehead atoms. The van der Waals surface area contributed by atoms with Gasteiger partial charge < -0.3 is 0 Å². The van der Waals surface area contributed by atoms with Crippen LogP contribution in [0.5, 0.6) is 0 Å². The van der Waals surface area contributed by atoms with Crippen LogP contribution in [0.15, 0.2) is 12.3 Å². The number of aromatic nitrogens is 2. The van der Waals surface area contributed by atoms with Gasteiger partial charge in [-0.25, -0.2) is 9.97 Å². The van der Waals surface area contributed by atoms with Gasteiger partial charge in [0.2, 0.25) is 0 Å². The zero-order valence-corrected chi connectivity index (χ0v) is 8.54. The van der Waals surface area contributed by atoms with Crippen LogP contribution < -0.4 is 0 Å². The van der Waals surface area contributed by atoms with E-state index in [0.717, 1.165) is 24.4 Å². The first-order valence-electron chi connectivity index (χ1n) is 4.85. The molecule has 13 heavy (non-hydrogen) atoms. The molecule has 0 aliphatic heterocycles. The lowest BCUT2D eigenvalue weighted by atomic mass is 10.0. The van der Waals surface area contributed by atoms with Gasteiger partial charge in [-0.2, -0.15) is 0 Å². The molecule has 0 spiro atoms. The maximum absolute atomic E-state index is 4.32. The Balaban J connectivity index is 0.000000396. The summed E-state index contributed by atoms with van der Waals surface area (Å²) in [6.07, 6.45) is 8.38. The summed E-state index contributed by atoms with van der Waals surface area (Å²) >= 11 is 0. The van der Waals surface area contributed by atoms with Crippen LogP contribution in [0.3, 0.4) is 0 Å². The van der Waals surface area contributed by atoms with Crippen LogP contribution in [0.2, 0.25) is 0 Å². The molecular weight excluding hydrogens is 160 g/mol. The molecule has 1 aliphatic rings. The van der Waals surface area contributed by atoms with Crippen LogP contribution in [0.1, 0.15) is 37.4 Å². The van der Waals surface area contributed by atoms with Crippen LogP contribution >= 0.6 is 0 Å². The Morgan fingerprint density at radius 2 is 2.08 bits per heavy atom. The molecule has 0 saturated heterocycles. The minimum Gasteiger partial charge on any atom is -0.241 e. The van der Waals surface area contributed by atoms with E-state index in [1.54, 1.807) is 0 Å². The number of hydrogen-bond donors (Lipinski definition) is 0. The number of aryl methyl sites for hydroxylation is 2. The molecule has 2 rings (SSSR count). The summed E-state index contributed by atoms with van der Waals surface area (Å²) in [5, 5.41) is 0. The third-order valence-corrected chi connectivity index (χ3v) is 1.87. The van der Waals surface area contributed by atoms with Crippen molar-refractivity contribution in [2.75, 3.05) is 0 Å². The fourth-order valence-electron chi connectivity index (χ4n) is 1.28. The minimum absolute atomic E-state index is 0.857. The molecule has 2 heteroatoms. The van der Waals surface area contributed by atoms with Crippen molar-refractivity contribution in [3.05, 3.63) is 29.4 Å². The molecule has 1 aromatic heterocycles. The van der Waals surface area contributed by atoms with Gasteiger partial charge in [-0.1, -0.05) is 19.9 Å². The van der Waals surface area contributed by atoms with E-state index in [2.05, 4.69) is 22.1 Å². The third kappa shape index (κ3) is 2.38. The second kappa shape index (κ2) is 4.75. The van der Waals surface area contributed by atoms with E-state index in [4.69, 9.17) is 0 Å². The monoisotopic (exact) mass is 176 g/mol. The number of allylic oxidation sites excluding steroid dienone is 1. The quantitative estimate of drug-likeness (QED) is 0.607. The lowest BCUT2D eigenvalue weighted by Crippen LogP contribution is -2.00. The average Bonchev–Trinajstić information content (AvgIpc) is 2.21. The largest absolute Gasteiger partial charge is 0.241 e. The molecule has 1 heterocycles. The van der Waals surface area contributed by atoms with Gasteiger partial charge in [-0.05, 0) is 31.4 Å². The van der Waals surface area contributed by atoms with Crippen molar-refractivity contribution in [3.63, 3.8) is 0 Å². The van der Waals surface area contributed by atoms with E-state index in [1.807, 2.05) is 27.0 Å². The highest BCUT2D eigenvalue weighted by molar-refractivity contribution is 5.51. The molecule has 0 amide bonds. The SMILES string of the molecule is CC.Cc1ncc2c(n1)C=CCC2. The summed E-state index contributed by atoms with van der Waals surface area (Å²) in [6.45, 7) is 5.92. The van der Waals surface area contributed by atoms with Gasteiger partial charge in [0.1, 0.15) is 5.82 Å². The van der Waals surface area contributed by atoms with E-state index < -0.39 is 0 Å². The molecule has 1 aromatic rings. The number of rotatable bonds is 0. The van der Waals surface area contributed by atoms with Crippen molar-refractivity contribution < 1.29 is 0 Å². The predicted octanol–water partition coefficient (Wildman–Crippen LogP) is 2.77. The summed E-state index contributed by atoms with van der Waals surface area (Å²) in [7, 11) is 0. The molecule has 0 N–H and O–H groups in total. The molecule has 0 fully saturated rings. The maximum Gasteiger partial charge on any atom is 0.125 e. The highest BCUT2D eigenvalue weighted by atomic mass is 14.9. The summed E-state index contributed by atoms with van der Waals surface area (Å²) in [4.78, 5) is 8.46. The lowest BCUT2D eigenvalue weighted by molar-refractivity contribution is 0.916. The second-order valence-electron chi connectivity index (χ2n) is 2.77. The maximum atomic E-state index is 4.32. The van der Waals surface area contributed by atoms with Crippen molar-refractivity contribution >= 4 is 6.08 Å². The first kappa shape index (κ1) is 9.90. The van der Waals surface area contributed by atoms with Crippen LogP contribution in [0.4, 0.5) is 0 Å². The first-order chi connectivity index (χ1) is 6.36. The molecule has 0 saturated carbocycles. The van der Waals surface area contributed by atoms with E-state index in [9.17, 15) is 0 Å². The van der Waals surface area contributed by atoms with Crippen LogP contribution in [0, 0.1) is 6.92 Å². The van der Waals surface area contributed by atoms with Crippen molar-refractivity contribution in [3.8, 4) is 0 Å². The zero-order valence-electron chi connectivity index (χ0n) is 8.54. The highest BCUT2D eigenvalue weighted by Gasteiger charge is 2.04. The third-order valence-electron chi connectivity index (χ3n) is 1.87. The zero-order chi connectivity index (χ0) is 9.68. The normalized spacial score (nSPS) is 12.8. The number of fused-ring (bicyclic) bond motifs is 1. The Bertz CT molecular complexity index is 303. The molecule has 70 valence electrons. The Labute approximate surface area is 79.7 Å². The first-order valence-corrected chi connectivity index (χ1v) is 4.85. The van der Waals surface area contributed by atoms with Gasteiger partial charge in [0, 0.05) is 6.20 Å². The summed E-state index contributed by atoms with van der Waals surface area (Å²) in [6, 6.07) is 0. The van der Waals surface area contributed by atoms with E-state index in [1.165, 1.54) is 5.56 Å². The van der Waals surface area contributed by atoms with Gasteiger partial charge in [0.25, 0.3) is 0 Å². The molecule has 0 aromatic carbocycles. The molecule has 2 nitrogen and oxygen atoms in total. The van der Waals surface area contributed by atoms with E-state index >= 15 is 0 Å². The number of nitrogens with zero attached hydrogens (tertiary/aromatic N) is 2.